The molecular formula is C27H32Cl2N4O3. The average Bonchev–Trinajstić information content (AvgIpc) is 2.81. The predicted octanol–water partition coefficient (Wildman–Crippen LogP) is 4.96. The molecule has 1 N–H and O–H groups in total. The first kappa shape index (κ1) is 24.1. The molecule has 0 amide bonds. The Balaban J connectivity index is 1.25. The van der Waals surface area contributed by atoms with E-state index in [1.165, 1.54) is 5.56 Å². The van der Waals surface area contributed by atoms with Crippen molar-refractivity contribution in [3.63, 3.8) is 0 Å². The van der Waals surface area contributed by atoms with E-state index in [2.05, 4.69) is 16.7 Å². The average molecular weight is 531 g/mol. The summed E-state index contributed by atoms with van der Waals surface area (Å²) >= 11 is 13.0. The van der Waals surface area contributed by atoms with Crippen molar-refractivity contribution in [3.05, 3.63) is 50.4 Å². The number of hydrogen-bond donors (Lipinski definition) is 1. The first-order chi connectivity index (χ1) is 17.2. The van der Waals surface area contributed by atoms with Crippen LogP contribution >= 0.6 is 23.2 Å². The smallest absolute Gasteiger partial charge is 0.303 e. The van der Waals surface area contributed by atoms with Crippen LogP contribution in [0.4, 0.5) is 11.4 Å². The topological polar surface area (TPSA) is 78.7 Å². The van der Waals surface area contributed by atoms with Gasteiger partial charge in [0.25, 0.3) is 5.56 Å². The Morgan fingerprint density at radius 2 is 1.69 bits per heavy atom. The van der Waals surface area contributed by atoms with Gasteiger partial charge in [0.15, 0.2) is 0 Å². The van der Waals surface area contributed by atoms with E-state index in [1.54, 1.807) is 10.9 Å². The van der Waals surface area contributed by atoms with Crippen LogP contribution in [0.5, 0.6) is 0 Å². The summed E-state index contributed by atoms with van der Waals surface area (Å²) in [5.41, 5.74) is 2.13. The Labute approximate surface area is 221 Å². The van der Waals surface area contributed by atoms with Crippen LogP contribution in [-0.4, -0.2) is 47.0 Å². The predicted molar refractivity (Wildman–Crippen MR) is 141 cm³/mol. The van der Waals surface area contributed by atoms with Crippen LogP contribution in [0.3, 0.4) is 0 Å². The molecular weight excluding hydrogens is 499 g/mol. The van der Waals surface area contributed by atoms with Crippen LogP contribution in [0.25, 0.3) is 0 Å². The van der Waals surface area contributed by atoms with Gasteiger partial charge in [-0.3, -0.25) is 9.59 Å². The number of benzene rings is 1. The van der Waals surface area contributed by atoms with Crippen molar-refractivity contribution in [2.24, 2.45) is 17.3 Å². The number of aromatic nitrogens is 2. The highest BCUT2D eigenvalue weighted by Gasteiger charge is 2.59. The van der Waals surface area contributed by atoms with E-state index in [0.29, 0.717) is 23.9 Å². The molecule has 5 fully saturated rings. The molecule has 2 aromatic rings. The molecule has 7 nitrogen and oxygen atoms in total. The van der Waals surface area contributed by atoms with E-state index in [1.807, 2.05) is 18.2 Å². The lowest BCUT2D eigenvalue weighted by Gasteiger charge is -2.61. The van der Waals surface area contributed by atoms with E-state index in [-0.39, 0.29) is 22.4 Å². The summed E-state index contributed by atoms with van der Waals surface area (Å²) in [5, 5.41) is 15.3. The quantitative estimate of drug-likeness (QED) is 0.588. The molecule has 4 aliphatic carbocycles. The third-order valence-electron chi connectivity index (χ3n) is 9.16. The highest BCUT2D eigenvalue weighted by atomic mass is 35.5. The first-order valence-electron chi connectivity index (χ1n) is 12.9. The SMILES string of the molecule is Cc1ccc(Cl)cc1N1CCN(c2cnn(C34C[C@H]5C[C@@H](CC(CC(=O)O)(C5)C3)C4)c(=O)c2Cl)CC1. The molecule has 0 unspecified atom stereocenters. The second-order valence-electron chi connectivity index (χ2n) is 11.7. The Morgan fingerprint density at radius 3 is 2.33 bits per heavy atom. The molecule has 7 rings (SSSR count). The van der Waals surface area contributed by atoms with E-state index in [4.69, 9.17) is 28.3 Å². The number of hydrogen-bond acceptors (Lipinski definition) is 5. The van der Waals surface area contributed by atoms with Crippen LogP contribution in [0.15, 0.2) is 29.2 Å². The van der Waals surface area contributed by atoms with Gasteiger partial charge < -0.3 is 14.9 Å². The third-order valence-corrected chi connectivity index (χ3v) is 9.75. The van der Waals surface area contributed by atoms with Gasteiger partial charge in [0.1, 0.15) is 5.02 Å². The van der Waals surface area contributed by atoms with Crippen molar-refractivity contribution in [1.29, 1.82) is 0 Å². The van der Waals surface area contributed by atoms with Gasteiger partial charge in [0, 0.05) is 36.9 Å². The van der Waals surface area contributed by atoms with Gasteiger partial charge in [-0.25, -0.2) is 4.68 Å². The zero-order valence-electron chi connectivity index (χ0n) is 20.6. The number of rotatable bonds is 5. The molecule has 1 saturated heterocycles. The number of aliphatic carboxylic acids is 1. The Morgan fingerprint density at radius 1 is 1.06 bits per heavy atom. The van der Waals surface area contributed by atoms with E-state index < -0.39 is 11.5 Å². The maximum absolute atomic E-state index is 13.6. The number of piperazine rings is 1. The van der Waals surface area contributed by atoms with Crippen LogP contribution in [-0.2, 0) is 10.3 Å². The first-order valence-corrected chi connectivity index (χ1v) is 13.7. The number of carboxylic acids is 1. The number of anilines is 2. The molecule has 4 bridgehead atoms. The van der Waals surface area contributed by atoms with Gasteiger partial charge in [-0.05, 0) is 80.4 Å². The number of nitrogens with zero attached hydrogens (tertiary/aromatic N) is 4. The summed E-state index contributed by atoms with van der Waals surface area (Å²) in [6.45, 7) is 5.14. The molecule has 1 aliphatic heterocycles. The van der Waals surface area contributed by atoms with E-state index in [9.17, 15) is 14.7 Å². The fraction of sp³-hybridized carbons (Fsp3) is 0.593. The molecule has 0 spiro atoms. The third kappa shape index (κ3) is 3.99. The highest BCUT2D eigenvalue weighted by molar-refractivity contribution is 6.33. The molecule has 192 valence electrons. The molecule has 1 aromatic heterocycles. The molecule has 2 heterocycles. The van der Waals surface area contributed by atoms with Gasteiger partial charge in [-0.2, -0.15) is 5.10 Å². The molecule has 9 heteroatoms. The number of carbonyl (C=O) groups is 1. The van der Waals surface area contributed by atoms with Crippen molar-refractivity contribution in [1.82, 2.24) is 9.78 Å². The second kappa shape index (κ2) is 8.66. The Hall–Kier alpha value is -2.25. The summed E-state index contributed by atoms with van der Waals surface area (Å²) < 4.78 is 1.64. The van der Waals surface area contributed by atoms with Gasteiger partial charge in [-0.15, -0.1) is 0 Å². The Bertz CT molecular complexity index is 1260. The normalized spacial score (nSPS) is 31.2. The minimum atomic E-state index is -0.743. The molecule has 0 radical (unpaired) electrons. The van der Waals surface area contributed by atoms with Crippen LogP contribution in [0.2, 0.25) is 10.0 Å². The molecule has 4 saturated carbocycles. The maximum atomic E-state index is 13.6. The maximum Gasteiger partial charge on any atom is 0.303 e. The Kier molecular flexibility index (Phi) is 5.80. The summed E-state index contributed by atoms with van der Waals surface area (Å²) in [6.07, 6.45) is 7.48. The standard InChI is InChI=1S/C27H32Cl2N4O3/c1-17-2-3-20(28)9-21(17)31-4-6-32(7-5-31)22-15-30-33(25(36)24(22)29)27-12-18-8-19(13-27)11-26(10-18,16-27)14-23(34)35/h2-3,9,15,18-19H,4-8,10-14,16H2,1H3,(H,34,35)/t18-,19-,26?,27?/m0/s1. The summed E-state index contributed by atoms with van der Waals surface area (Å²) in [6, 6.07) is 5.95. The summed E-state index contributed by atoms with van der Waals surface area (Å²) in [5.74, 6) is 0.175. The lowest BCUT2D eigenvalue weighted by Crippen LogP contribution is -2.59. The second-order valence-corrected chi connectivity index (χ2v) is 12.5. The van der Waals surface area contributed by atoms with Crippen molar-refractivity contribution < 1.29 is 9.90 Å². The minimum Gasteiger partial charge on any atom is -0.481 e. The lowest BCUT2D eigenvalue weighted by atomic mass is 9.46. The summed E-state index contributed by atoms with van der Waals surface area (Å²) in [4.78, 5) is 29.8. The molecule has 5 aliphatic rings. The monoisotopic (exact) mass is 530 g/mol. The van der Waals surface area contributed by atoms with E-state index >= 15 is 0 Å². The van der Waals surface area contributed by atoms with Gasteiger partial charge >= 0.3 is 5.97 Å². The van der Waals surface area contributed by atoms with E-state index in [0.717, 1.165) is 69.0 Å². The van der Waals surface area contributed by atoms with Crippen molar-refractivity contribution in [2.75, 3.05) is 36.0 Å². The molecule has 36 heavy (non-hydrogen) atoms. The van der Waals surface area contributed by atoms with Crippen LogP contribution in [0, 0.1) is 24.2 Å². The van der Waals surface area contributed by atoms with Crippen LogP contribution in [0.1, 0.15) is 50.5 Å². The lowest BCUT2D eigenvalue weighted by molar-refractivity contribution is -0.151. The minimum absolute atomic E-state index is 0.179. The van der Waals surface area contributed by atoms with Crippen molar-refractivity contribution >= 4 is 40.5 Å². The fourth-order valence-corrected chi connectivity index (χ4v) is 8.69. The molecule has 2 atom stereocenters. The van der Waals surface area contributed by atoms with Crippen molar-refractivity contribution in [3.8, 4) is 0 Å². The zero-order valence-corrected chi connectivity index (χ0v) is 22.1. The van der Waals surface area contributed by atoms with Gasteiger partial charge in [-0.1, -0.05) is 29.3 Å². The van der Waals surface area contributed by atoms with Crippen molar-refractivity contribution in [2.45, 2.75) is 57.4 Å². The number of halogens is 2. The van der Waals surface area contributed by atoms with Crippen LogP contribution < -0.4 is 15.4 Å². The van der Waals surface area contributed by atoms with Gasteiger partial charge in [0.2, 0.25) is 0 Å². The van der Waals surface area contributed by atoms with Gasteiger partial charge in [0.05, 0.1) is 23.8 Å². The number of carboxylic acid groups (broad SMARTS) is 1. The largest absolute Gasteiger partial charge is 0.481 e. The summed E-state index contributed by atoms with van der Waals surface area (Å²) in [7, 11) is 0. The number of aryl methyl sites for hydroxylation is 1. The zero-order chi connectivity index (χ0) is 25.2. The fourth-order valence-electron chi connectivity index (χ4n) is 8.27. The molecule has 1 aromatic carbocycles. The highest BCUT2D eigenvalue weighted by Crippen LogP contribution is 2.65.